The Labute approximate surface area is 181 Å². The number of aromatic nitrogens is 3. The second kappa shape index (κ2) is 10.3. The third-order valence-corrected chi connectivity index (χ3v) is 4.18. The first-order valence-electron chi connectivity index (χ1n) is 8.26. The summed E-state index contributed by atoms with van der Waals surface area (Å²) in [6, 6.07) is 16.0. The highest BCUT2D eigenvalue weighted by atomic mass is 127. The molecular weight excluding hydrogens is 475 g/mol. The summed E-state index contributed by atoms with van der Waals surface area (Å²) in [6.45, 7) is 1.38. The Morgan fingerprint density at radius 3 is 2.67 bits per heavy atom. The van der Waals surface area contributed by atoms with Crippen LogP contribution in [0.5, 0.6) is 0 Å². The minimum absolute atomic E-state index is 0. The molecule has 142 valence electrons. The number of rotatable bonds is 5. The predicted molar refractivity (Wildman–Crippen MR) is 120 cm³/mol. The zero-order chi connectivity index (χ0) is 18.4. The number of halogens is 2. The van der Waals surface area contributed by atoms with Gasteiger partial charge in [-0.05, 0) is 29.3 Å². The van der Waals surface area contributed by atoms with Crippen LogP contribution in [0.4, 0.5) is 0 Å². The van der Waals surface area contributed by atoms with E-state index >= 15 is 0 Å². The van der Waals surface area contributed by atoms with Crippen molar-refractivity contribution in [1.29, 1.82) is 0 Å². The van der Waals surface area contributed by atoms with Crippen LogP contribution < -0.4 is 5.32 Å². The molecule has 27 heavy (non-hydrogen) atoms. The van der Waals surface area contributed by atoms with E-state index in [0.29, 0.717) is 6.54 Å². The van der Waals surface area contributed by atoms with E-state index in [-0.39, 0.29) is 24.0 Å². The number of hydrogen-bond donors (Lipinski definition) is 2. The van der Waals surface area contributed by atoms with Crippen molar-refractivity contribution < 1.29 is 0 Å². The zero-order valence-corrected chi connectivity index (χ0v) is 18.3. The number of guanidine groups is 1. The van der Waals surface area contributed by atoms with E-state index in [1.165, 1.54) is 6.33 Å². The lowest BCUT2D eigenvalue weighted by atomic mass is 10.1. The Kier molecular flexibility index (Phi) is 8.05. The van der Waals surface area contributed by atoms with E-state index < -0.39 is 0 Å². The van der Waals surface area contributed by atoms with Gasteiger partial charge in [0.15, 0.2) is 11.8 Å². The Morgan fingerprint density at radius 1 is 1.19 bits per heavy atom. The maximum atomic E-state index is 6.06. The lowest BCUT2D eigenvalue weighted by Crippen LogP contribution is -2.38. The van der Waals surface area contributed by atoms with Gasteiger partial charge in [0, 0.05) is 37.8 Å². The van der Waals surface area contributed by atoms with Crippen LogP contribution in [-0.2, 0) is 13.1 Å². The molecule has 0 saturated carbocycles. The first-order valence-corrected chi connectivity index (χ1v) is 8.64. The molecule has 6 nitrogen and oxygen atoms in total. The maximum Gasteiger partial charge on any atom is 0.193 e. The van der Waals surface area contributed by atoms with Gasteiger partial charge in [-0.25, -0.2) is 4.98 Å². The summed E-state index contributed by atoms with van der Waals surface area (Å²) in [5.41, 5.74) is 3.27. The third-order valence-electron chi connectivity index (χ3n) is 3.95. The van der Waals surface area contributed by atoms with Gasteiger partial charge in [0.25, 0.3) is 0 Å². The fourth-order valence-corrected chi connectivity index (χ4v) is 2.94. The molecule has 0 atom stereocenters. The second-order valence-corrected chi connectivity index (χ2v) is 6.36. The van der Waals surface area contributed by atoms with Gasteiger partial charge < -0.3 is 10.2 Å². The summed E-state index contributed by atoms with van der Waals surface area (Å²) < 4.78 is 0. The number of nitrogens with zero attached hydrogens (tertiary/aromatic N) is 4. The highest BCUT2D eigenvalue weighted by Gasteiger charge is 2.08. The van der Waals surface area contributed by atoms with Crippen LogP contribution in [0.2, 0.25) is 5.02 Å². The van der Waals surface area contributed by atoms with E-state index in [4.69, 9.17) is 11.6 Å². The zero-order valence-electron chi connectivity index (χ0n) is 15.2. The van der Waals surface area contributed by atoms with Crippen molar-refractivity contribution in [2.45, 2.75) is 13.1 Å². The third kappa shape index (κ3) is 5.93. The highest BCUT2D eigenvalue weighted by Crippen LogP contribution is 2.15. The molecule has 0 unspecified atom stereocenters. The SMILES string of the molecule is CN=C(NCc1cccc(-c2ncn[nH]2)c1)N(C)Cc1cccc(Cl)c1.I. The van der Waals surface area contributed by atoms with Crippen LogP contribution in [0.1, 0.15) is 11.1 Å². The summed E-state index contributed by atoms with van der Waals surface area (Å²) in [7, 11) is 3.78. The van der Waals surface area contributed by atoms with Gasteiger partial charge in [0.1, 0.15) is 6.33 Å². The van der Waals surface area contributed by atoms with Gasteiger partial charge in [0.2, 0.25) is 0 Å². The molecule has 1 aromatic heterocycles. The average molecular weight is 497 g/mol. The minimum atomic E-state index is 0. The fourth-order valence-electron chi connectivity index (χ4n) is 2.72. The molecule has 0 spiro atoms. The van der Waals surface area contributed by atoms with Gasteiger partial charge in [-0.2, -0.15) is 5.10 Å². The summed E-state index contributed by atoms with van der Waals surface area (Å²) in [6.07, 6.45) is 1.51. The van der Waals surface area contributed by atoms with Crippen molar-refractivity contribution >= 4 is 41.5 Å². The monoisotopic (exact) mass is 496 g/mol. The van der Waals surface area contributed by atoms with Gasteiger partial charge in [-0.3, -0.25) is 10.1 Å². The van der Waals surface area contributed by atoms with Gasteiger partial charge in [-0.15, -0.1) is 24.0 Å². The first kappa shape index (κ1) is 21.2. The Hall–Kier alpha value is -2.13. The summed E-state index contributed by atoms with van der Waals surface area (Å²) in [4.78, 5) is 10.6. The van der Waals surface area contributed by atoms with Crippen LogP contribution in [-0.4, -0.2) is 40.1 Å². The molecule has 2 N–H and O–H groups in total. The Bertz CT molecular complexity index is 881. The number of benzene rings is 2. The Morgan fingerprint density at radius 2 is 1.96 bits per heavy atom. The molecule has 0 aliphatic rings. The number of aromatic amines is 1. The van der Waals surface area contributed by atoms with E-state index in [1.54, 1.807) is 7.05 Å². The lowest BCUT2D eigenvalue weighted by Gasteiger charge is -2.22. The smallest absolute Gasteiger partial charge is 0.193 e. The van der Waals surface area contributed by atoms with E-state index in [9.17, 15) is 0 Å². The molecule has 3 rings (SSSR count). The van der Waals surface area contributed by atoms with Gasteiger partial charge in [0.05, 0.1) is 0 Å². The molecule has 3 aromatic rings. The fraction of sp³-hybridized carbons (Fsp3) is 0.211. The van der Waals surface area contributed by atoms with Crippen molar-refractivity contribution in [3.05, 3.63) is 71.0 Å². The van der Waals surface area contributed by atoms with Crippen molar-refractivity contribution in [2.75, 3.05) is 14.1 Å². The topological polar surface area (TPSA) is 69.2 Å². The summed E-state index contributed by atoms with van der Waals surface area (Å²) in [5.74, 6) is 1.57. The minimum Gasteiger partial charge on any atom is -0.352 e. The molecule has 0 bridgehead atoms. The average Bonchev–Trinajstić information content (AvgIpc) is 3.17. The molecule has 0 aliphatic heterocycles. The molecule has 0 radical (unpaired) electrons. The van der Waals surface area contributed by atoms with Crippen LogP contribution in [0, 0.1) is 0 Å². The molecular formula is C19H22ClIN6. The lowest BCUT2D eigenvalue weighted by molar-refractivity contribution is 0.476. The molecule has 0 saturated heterocycles. The van der Waals surface area contributed by atoms with Crippen molar-refractivity contribution in [2.24, 2.45) is 4.99 Å². The first-order chi connectivity index (χ1) is 12.7. The van der Waals surface area contributed by atoms with E-state index in [0.717, 1.165) is 40.0 Å². The highest BCUT2D eigenvalue weighted by molar-refractivity contribution is 14.0. The maximum absolute atomic E-state index is 6.06. The second-order valence-electron chi connectivity index (χ2n) is 5.92. The van der Waals surface area contributed by atoms with Crippen LogP contribution >= 0.6 is 35.6 Å². The van der Waals surface area contributed by atoms with Crippen molar-refractivity contribution in [1.82, 2.24) is 25.4 Å². The molecule has 2 aromatic carbocycles. The van der Waals surface area contributed by atoms with Crippen LogP contribution in [0.3, 0.4) is 0 Å². The molecule has 0 amide bonds. The standard InChI is InChI=1S/C19H21ClN6.HI/c1-21-19(26(2)12-15-6-4-8-17(20)10-15)22-11-14-5-3-7-16(9-14)18-23-13-24-25-18;/h3-10,13H,11-12H2,1-2H3,(H,21,22)(H,23,24,25);1H. The number of hydrogen-bond acceptors (Lipinski definition) is 3. The largest absolute Gasteiger partial charge is 0.352 e. The van der Waals surface area contributed by atoms with Crippen molar-refractivity contribution in [3.8, 4) is 11.4 Å². The molecule has 8 heteroatoms. The van der Waals surface area contributed by atoms with E-state index in [1.807, 2.05) is 37.4 Å². The van der Waals surface area contributed by atoms with Crippen LogP contribution in [0.15, 0.2) is 59.9 Å². The molecule has 0 aliphatic carbocycles. The quantitative estimate of drug-likeness (QED) is 0.319. The van der Waals surface area contributed by atoms with Gasteiger partial charge in [-0.1, -0.05) is 41.9 Å². The molecule has 0 fully saturated rings. The summed E-state index contributed by atoms with van der Waals surface area (Å²) >= 11 is 6.06. The van der Waals surface area contributed by atoms with Gasteiger partial charge >= 0.3 is 0 Å². The van der Waals surface area contributed by atoms with E-state index in [2.05, 4.69) is 48.6 Å². The predicted octanol–water partition coefficient (Wildman–Crippen LogP) is 3.95. The van der Waals surface area contributed by atoms with Crippen molar-refractivity contribution in [3.63, 3.8) is 0 Å². The van der Waals surface area contributed by atoms with Crippen LogP contribution in [0.25, 0.3) is 11.4 Å². The number of H-pyrrole nitrogens is 1. The normalized spacial score (nSPS) is 11.0. The number of nitrogens with one attached hydrogen (secondary N) is 2. The summed E-state index contributed by atoms with van der Waals surface area (Å²) in [5, 5.41) is 10.9. The number of aliphatic imine (C=N–C) groups is 1. The Balaban J connectivity index is 0.00000261. The molecule has 1 heterocycles.